The van der Waals surface area contributed by atoms with E-state index in [1.54, 1.807) is 24.4 Å². The third kappa shape index (κ3) is 2.36. The molecule has 2 heterocycles. The van der Waals surface area contributed by atoms with Gasteiger partial charge in [0.15, 0.2) is 11.5 Å². The number of aromatic carboxylic acids is 1. The van der Waals surface area contributed by atoms with Crippen molar-refractivity contribution >= 4 is 5.97 Å². The molecule has 0 aliphatic rings. The normalized spacial score (nSPS) is 9.94. The average Bonchev–Trinajstić information content (AvgIpc) is 2.39. The smallest absolute Gasteiger partial charge is 0.354 e. The predicted molar refractivity (Wildman–Crippen MR) is 58.8 cm³/mol. The second-order valence-corrected chi connectivity index (χ2v) is 3.14. The van der Waals surface area contributed by atoms with Gasteiger partial charge in [0.05, 0.1) is 7.11 Å². The highest BCUT2D eigenvalue weighted by molar-refractivity contribution is 5.86. The topological polar surface area (TPSA) is 85.2 Å². The molecule has 0 saturated carbocycles. The maximum Gasteiger partial charge on any atom is 0.354 e. The van der Waals surface area contributed by atoms with Gasteiger partial charge in [0, 0.05) is 12.3 Å². The zero-order valence-corrected chi connectivity index (χ0v) is 8.99. The lowest BCUT2D eigenvalue weighted by Gasteiger charge is -2.04. The summed E-state index contributed by atoms with van der Waals surface area (Å²) < 4.78 is 4.92. The monoisotopic (exact) mass is 231 g/mol. The second kappa shape index (κ2) is 4.56. The second-order valence-electron chi connectivity index (χ2n) is 3.14. The van der Waals surface area contributed by atoms with Gasteiger partial charge < -0.3 is 9.84 Å². The molecule has 0 unspecified atom stereocenters. The summed E-state index contributed by atoms with van der Waals surface area (Å²) in [4.78, 5) is 22.9. The van der Waals surface area contributed by atoms with Gasteiger partial charge in [-0.2, -0.15) is 4.98 Å². The van der Waals surface area contributed by atoms with Crippen LogP contribution in [-0.4, -0.2) is 33.1 Å². The summed E-state index contributed by atoms with van der Waals surface area (Å²) in [6, 6.07) is 6.47. The minimum Gasteiger partial charge on any atom is -0.481 e. The molecule has 17 heavy (non-hydrogen) atoms. The van der Waals surface area contributed by atoms with Crippen molar-refractivity contribution in [2.24, 2.45) is 0 Å². The van der Waals surface area contributed by atoms with Crippen LogP contribution in [0.4, 0.5) is 0 Å². The van der Waals surface area contributed by atoms with Crippen LogP contribution in [0.25, 0.3) is 11.5 Å². The first-order valence-electron chi connectivity index (χ1n) is 4.78. The van der Waals surface area contributed by atoms with Crippen LogP contribution in [0.5, 0.6) is 5.88 Å². The lowest BCUT2D eigenvalue weighted by Crippen LogP contribution is -2.05. The van der Waals surface area contributed by atoms with Crippen LogP contribution >= 0.6 is 0 Å². The number of carboxylic acid groups (broad SMARTS) is 1. The molecule has 0 amide bonds. The Balaban J connectivity index is 2.54. The highest BCUT2D eigenvalue weighted by Gasteiger charge is 2.12. The van der Waals surface area contributed by atoms with Crippen molar-refractivity contribution in [2.45, 2.75) is 0 Å². The zero-order chi connectivity index (χ0) is 12.3. The molecule has 2 aromatic rings. The summed E-state index contributed by atoms with van der Waals surface area (Å²) in [6.07, 6.45) is 1.58. The lowest BCUT2D eigenvalue weighted by molar-refractivity contribution is 0.0690. The van der Waals surface area contributed by atoms with E-state index < -0.39 is 5.97 Å². The highest BCUT2D eigenvalue weighted by Crippen LogP contribution is 2.16. The van der Waals surface area contributed by atoms with Crippen LogP contribution in [-0.2, 0) is 0 Å². The van der Waals surface area contributed by atoms with Crippen LogP contribution in [0.15, 0.2) is 30.5 Å². The standard InChI is InChI=1S/C11H9N3O3/c1-17-9-6-8(11(15)16)13-10(14-9)7-4-2-3-5-12-7/h2-6H,1H3,(H,15,16). The summed E-state index contributed by atoms with van der Waals surface area (Å²) in [7, 11) is 1.41. The molecule has 1 N–H and O–H groups in total. The molecule has 0 aromatic carbocycles. The first kappa shape index (κ1) is 11.0. The fourth-order valence-corrected chi connectivity index (χ4v) is 1.25. The number of methoxy groups -OCH3 is 1. The number of aromatic nitrogens is 3. The molecular weight excluding hydrogens is 222 g/mol. The Morgan fingerprint density at radius 3 is 2.76 bits per heavy atom. The van der Waals surface area contributed by atoms with Crippen LogP contribution in [0, 0.1) is 0 Å². The van der Waals surface area contributed by atoms with Gasteiger partial charge in [0.25, 0.3) is 0 Å². The minimum atomic E-state index is -1.14. The number of carboxylic acids is 1. The molecule has 0 fully saturated rings. The molecule has 0 aliphatic carbocycles. The fourth-order valence-electron chi connectivity index (χ4n) is 1.25. The summed E-state index contributed by atoms with van der Waals surface area (Å²) in [5.74, 6) is -0.719. The van der Waals surface area contributed by atoms with Crippen molar-refractivity contribution in [3.8, 4) is 17.4 Å². The molecular formula is C11H9N3O3. The number of rotatable bonds is 3. The van der Waals surface area contributed by atoms with Crippen molar-refractivity contribution in [1.82, 2.24) is 15.0 Å². The van der Waals surface area contributed by atoms with Crippen molar-refractivity contribution in [3.05, 3.63) is 36.2 Å². The van der Waals surface area contributed by atoms with E-state index in [9.17, 15) is 4.79 Å². The number of pyridine rings is 1. The van der Waals surface area contributed by atoms with Crippen molar-refractivity contribution in [3.63, 3.8) is 0 Å². The van der Waals surface area contributed by atoms with E-state index in [1.165, 1.54) is 13.2 Å². The van der Waals surface area contributed by atoms with Gasteiger partial charge >= 0.3 is 5.97 Å². The number of ether oxygens (including phenoxy) is 1. The molecule has 0 aliphatic heterocycles. The molecule has 6 heteroatoms. The van der Waals surface area contributed by atoms with Crippen LogP contribution < -0.4 is 4.74 Å². The van der Waals surface area contributed by atoms with E-state index in [0.717, 1.165) is 0 Å². The molecule has 0 saturated heterocycles. The van der Waals surface area contributed by atoms with Gasteiger partial charge in [-0.15, -0.1) is 0 Å². The Morgan fingerprint density at radius 1 is 1.35 bits per heavy atom. The first-order valence-corrected chi connectivity index (χ1v) is 4.78. The lowest BCUT2D eigenvalue weighted by atomic mass is 10.3. The highest BCUT2D eigenvalue weighted by atomic mass is 16.5. The maximum atomic E-state index is 10.9. The number of hydrogen-bond acceptors (Lipinski definition) is 5. The van der Waals surface area contributed by atoms with E-state index in [2.05, 4.69) is 15.0 Å². The summed E-state index contributed by atoms with van der Waals surface area (Å²) in [6.45, 7) is 0. The number of carbonyl (C=O) groups is 1. The Bertz CT molecular complexity index is 543. The number of hydrogen-bond donors (Lipinski definition) is 1. The fraction of sp³-hybridized carbons (Fsp3) is 0.0909. The molecule has 0 radical (unpaired) electrons. The van der Waals surface area contributed by atoms with E-state index in [4.69, 9.17) is 9.84 Å². The van der Waals surface area contributed by atoms with Gasteiger partial charge in [-0.3, -0.25) is 4.98 Å². The predicted octanol–water partition coefficient (Wildman–Crippen LogP) is 1.25. The van der Waals surface area contributed by atoms with E-state index >= 15 is 0 Å². The number of nitrogens with zero attached hydrogens (tertiary/aromatic N) is 3. The molecule has 86 valence electrons. The summed E-state index contributed by atoms with van der Waals surface area (Å²) in [5.41, 5.74) is 0.367. The summed E-state index contributed by atoms with van der Waals surface area (Å²) in [5, 5.41) is 8.91. The van der Waals surface area contributed by atoms with E-state index in [1.807, 2.05) is 0 Å². The Hall–Kier alpha value is -2.50. The quantitative estimate of drug-likeness (QED) is 0.855. The molecule has 2 rings (SSSR count). The molecule has 0 atom stereocenters. The Kier molecular flexibility index (Phi) is 2.95. The zero-order valence-electron chi connectivity index (χ0n) is 8.99. The van der Waals surface area contributed by atoms with Crippen LogP contribution in [0.1, 0.15) is 10.5 Å². The van der Waals surface area contributed by atoms with Gasteiger partial charge in [-0.1, -0.05) is 6.07 Å². The largest absolute Gasteiger partial charge is 0.481 e. The molecule has 0 bridgehead atoms. The molecule has 6 nitrogen and oxygen atoms in total. The van der Waals surface area contributed by atoms with Crippen LogP contribution in [0.3, 0.4) is 0 Å². The van der Waals surface area contributed by atoms with Crippen molar-refractivity contribution in [2.75, 3.05) is 7.11 Å². The SMILES string of the molecule is COc1cc(C(=O)O)nc(-c2ccccn2)n1. The average molecular weight is 231 g/mol. The van der Waals surface area contributed by atoms with Gasteiger partial charge in [-0.05, 0) is 12.1 Å². The van der Waals surface area contributed by atoms with Gasteiger partial charge in [0.2, 0.25) is 5.88 Å². The minimum absolute atomic E-state index is 0.127. The third-order valence-corrected chi connectivity index (χ3v) is 2.02. The van der Waals surface area contributed by atoms with E-state index in [0.29, 0.717) is 5.69 Å². The molecule has 2 aromatic heterocycles. The van der Waals surface area contributed by atoms with Crippen molar-refractivity contribution in [1.29, 1.82) is 0 Å². The van der Waals surface area contributed by atoms with E-state index in [-0.39, 0.29) is 17.4 Å². The third-order valence-electron chi connectivity index (χ3n) is 2.02. The maximum absolute atomic E-state index is 10.9. The summed E-state index contributed by atoms with van der Waals surface area (Å²) >= 11 is 0. The molecule has 0 spiro atoms. The Morgan fingerprint density at radius 2 is 2.18 bits per heavy atom. The van der Waals surface area contributed by atoms with Gasteiger partial charge in [-0.25, -0.2) is 9.78 Å². The first-order chi connectivity index (χ1) is 8.20. The Labute approximate surface area is 96.9 Å². The van der Waals surface area contributed by atoms with Crippen LogP contribution in [0.2, 0.25) is 0 Å². The van der Waals surface area contributed by atoms with Crippen molar-refractivity contribution < 1.29 is 14.6 Å². The van der Waals surface area contributed by atoms with Gasteiger partial charge in [0.1, 0.15) is 5.69 Å².